The molecule has 1 atom stereocenters. The summed E-state index contributed by atoms with van der Waals surface area (Å²) in [4.78, 5) is 11.3. The Bertz CT molecular complexity index is 187. The van der Waals surface area contributed by atoms with Gasteiger partial charge in [-0.25, -0.2) is 0 Å². The summed E-state index contributed by atoms with van der Waals surface area (Å²) in [6, 6.07) is 0. The second-order valence-corrected chi connectivity index (χ2v) is 3.33. The first-order valence-corrected chi connectivity index (χ1v) is 4.26. The van der Waals surface area contributed by atoms with Gasteiger partial charge < -0.3 is 10.1 Å². The lowest BCUT2D eigenvalue weighted by atomic mass is 10.1. The topological polar surface area (TPSA) is 38.3 Å². The first-order valence-electron chi connectivity index (χ1n) is 3.89. The van der Waals surface area contributed by atoms with Gasteiger partial charge in [-0.05, 0) is 6.42 Å². The van der Waals surface area contributed by atoms with E-state index in [1.54, 1.807) is 0 Å². The highest BCUT2D eigenvalue weighted by Gasteiger charge is 2.22. The molecular formula is C8H12ClNO2. The van der Waals surface area contributed by atoms with Crippen LogP contribution in [0.3, 0.4) is 0 Å². The molecule has 0 bridgehead atoms. The van der Waals surface area contributed by atoms with E-state index in [4.69, 9.17) is 16.3 Å². The van der Waals surface area contributed by atoms with Gasteiger partial charge in [-0.15, -0.1) is 0 Å². The molecule has 0 spiro atoms. The number of ether oxygens (including phenoxy) is 1. The first kappa shape index (κ1) is 9.55. The highest BCUT2D eigenvalue weighted by Crippen LogP contribution is 2.11. The van der Waals surface area contributed by atoms with Crippen molar-refractivity contribution >= 4 is 17.5 Å². The predicted octanol–water partition coefficient (Wildman–Crippen LogP) is 0.892. The molecule has 0 aromatic heterocycles. The van der Waals surface area contributed by atoms with Gasteiger partial charge in [0.15, 0.2) is 0 Å². The van der Waals surface area contributed by atoms with Crippen molar-refractivity contribution in [3.63, 3.8) is 0 Å². The Morgan fingerprint density at radius 3 is 3.00 bits per heavy atom. The molecule has 0 saturated carbocycles. The van der Waals surface area contributed by atoms with Crippen molar-refractivity contribution in [3.05, 3.63) is 11.6 Å². The predicted molar refractivity (Wildman–Crippen MR) is 46.9 cm³/mol. The van der Waals surface area contributed by atoms with Crippen LogP contribution in [0.4, 0.5) is 0 Å². The third kappa shape index (κ3) is 2.83. The number of halogens is 1. The standard InChI is InChI=1S/C8H12ClNO2/c1-6(9)4-10-8(11)7-2-3-12-5-7/h7H,1-5H2,(H,10,11). The molecule has 0 aliphatic carbocycles. The Morgan fingerprint density at radius 1 is 1.75 bits per heavy atom. The Kier molecular flexibility index (Phi) is 3.56. The van der Waals surface area contributed by atoms with Gasteiger partial charge in [0.2, 0.25) is 5.91 Å². The van der Waals surface area contributed by atoms with Gasteiger partial charge in [-0.1, -0.05) is 18.2 Å². The smallest absolute Gasteiger partial charge is 0.225 e. The van der Waals surface area contributed by atoms with Gasteiger partial charge in [-0.3, -0.25) is 4.79 Å². The fourth-order valence-corrected chi connectivity index (χ4v) is 1.14. The van der Waals surface area contributed by atoms with E-state index in [-0.39, 0.29) is 11.8 Å². The SMILES string of the molecule is C=C(Cl)CNC(=O)C1CCOC1. The average molecular weight is 190 g/mol. The fourth-order valence-electron chi connectivity index (χ4n) is 1.07. The summed E-state index contributed by atoms with van der Waals surface area (Å²) < 4.78 is 5.07. The number of nitrogens with one attached hydrogen (secondary N) is 1. The van der Waals surface area contributed by atoms with Crippen molar-refractivity contribution in [2.75, 3.05) is 19.8 Å². The van der Waals surface area contributed by atoms with Gasteiger partial charge in [-0.2, -0.15) is 0 Å². The summed E-state index contributed by atoms with van der Waals surface area (Å²) in [7, 11) is 0. The maximum atomic E-state index is 11.3. The van der Waals surface area contributed by atoms with Crippen LogP contribution in [0.25, 0.3) is 0 Å². The van der Waals surface area contributed by atoms with E-state index in [0.717, 1.165) is 6.42 Å². The minimum atomic E-state index is 0.000941. The molecule has 1 unspecified atom stereocenters. The molecule has 12 heavy (non-hydrogen) atoms. The second kappa shape index (κ2) is 4.48. The zero-order chi connectivity index (χ0) is 8.97. The van der Waals surface area contributed by atoms with Crippen LogP contribution >= 0.6 is 11.6 Å². The normalized spacial score (nSPS) is 22.2. The summed E-state index contributed by atoms with van der Waals surface area (Å²) >= 11 is 5.49. The van der Waals surface area contributed by atoms with E-state index < -0.39 is 0 Å². The number of carbonyl (C=O) groups is 1. The number of hydrogen-bond acceptors (Lipinski definition) is 2. The number of carbonyl (C=O) groups excluding carboxylic acids is 1. The van der Waals surface area contributed by atoms with Crippen LogP contribution in [0.5, 0.6) is 0 Å². The largest absolute Gasteiger partial charge is 0.381 e. The third-order valence-electron chi connectivity index (χ3n) is 1.75. The molecule has 0 radical (unpaired) electrons. The van der Waals surface area contributed by atoms with E-state index in [2.05, 4.69) is 11.9 Å². The zero-order valence-corrected chi connectivity index (χ0v) is 7.56. The number of rotatable bonds is 3. The van der Waals surface area contributed by atoms with Crippen LogP contribution in [0.2, 0.25) is 0 Å². The van der Waals surface area contributed by atoms with Gasteiger partial charge in [0.1, 0.15) is 0 Å². The summed E-state index contributed by atoms with van der Waals surface area (Å²) in [5.74, 6) is 0.00955. The molecule has 4 heteroatoms. The summed E-state index contributed by atoms with van der Waals surface area (Å²) in [5, 5.41) is 3.12. The van der Waals surface area contributed by atoms with Crippen LogP contribution in [0.15, 0.2) is 11.6 Å². The van der Waals surface area contributed by atoms with E-state index in [9.17, 15) is 4.79 Å². The van der Waals surface area contributed by atoms with Gasteiger partial charge in [0.25, 0.3) is 0 Å². The Hall–Kier alpha value is -0.540. The molecule has 3 nitrogen and oxygen atoms in total. The molecule has 68 valence electrons. The quantitative estimate of drug-likeness (QED) is 0.716. The zero-order valence-electron chi connectivity index (χ0n) is 6.81. The Labute approximate surface area is 76.7 Å². The molecule has 1 rings (SSSR count). The highest BCUT2D eigenvalue weighted by molar-refractivity contribution is 6.29. The van der Waals surface area contributed by atoms with Crippen LogP contribution < -0.4 is 5.32 Å². The van der Waals surface area contributed by atoms with E-state index in [0.29, 0.717) is 24.8 Å². The van der Waals surface area contributed by atoms with Crippen molar-refractivity contribution in [1.29, 1.82) is 0 Å². The van der Waals surface area contributed by atoms with Crippen molar-refractivity contribution < 1.29 is 9.53 Å². The molecule has 1 aliphatic heterocycles. The van der Waals surface area contributed by atoms with Gasteiger partial charge >= 0.3 is 0 Å². The first-order chi connectivity index (χ1) is 5.70. The van der Waals surface area contributed by atoms with Crippen molar-refractivity contribution in [3.8, 4) is 0 Å². The summed E-state index contributed by atoms with van der Waals surface area (Å²) in [6.45, 7) is 5.03. The molecule has 1 aliphatic rings. The van der Waals surface area contributed by atoms with Crippen molar-refractivity contribution in [2.45, 2.75) is 6.42 Å². The summed E-state index contributed by atoms with van der Waals surface area (Å²) in [5.41, 5.74) is 0. The number of amides is 1. The van der Waals surface area contributed by atoms with Crippen molar-refractivity contribution in [2.24, 2.45) is 5.92 Å². The van der Waals surface area contributed by atoms with E-state index in [1.165, 1.54) is 0 Å². The Morgan fingerprint density at radius 2 is 2.50 bits per heavy atom. The third-order valence-corrected chi connectivity index (χ3v) is 1.89. The van der Waals surface area contributed by atoms with Gasteiger partial charge in [0.05, 0.1) is 19.1 Å². The second-order valence-electron chi connectivity index (χ2n) is 2.80. The Balaban J connectivity index is 2.23. The number of hydrogen-bond donors (Lipinski definition) is 1. The maximum absolute atomic E-state index is 11.3. The molecule has 1 heterocycles. The van der Waals surface area contributed by atoms with E-state index in [1.807, 2.05) is 0 Å². The molecule has 1 fully saturated rings. The lowest BCUT2D eigenvalue weighted by molar-refractivity contribution is -0.124. The molecule has 1 N–H and O–H groups in total. The van der Waals surface area contributed by atoms with Gasteiger partial charge in [0, 0.05) is 11.6 Å². The van der Waals surface area contributed by atoms with E-state index >= 15 is 0 Å². The molecule has 0 aromatic rings. The lowest BCUT2D eigenvalue weighted by Gasteiger charge is -2.07. The van der Waals surface area contributed by atoms with Crippen LogP contribution in [-0.4, -0.2) is 25.7 Å². The maximum Gasteiger partial charge on any atom is 0.225 e. The summed E-state index contributed by atoms with van der Waals surface area (Å²) in [6.07, 6.45) is 0.806. The monoisotopic (exact) mass is 189 g/mol. The minimum Gasteiger partial charge on any atom is -0.381 e. The lowest BCUT2D eigenvalue weighted by Crippen LogP contribution is -2.31. The minimum absolute atomic E-state index is 0.000941. The molecule has 0 aromatic carbocycles. The van der Waals surface area contributed by atoms with Crippen LogP contribution in [0.1, 0.15) is 6.42 Å². The van der Waals surface area contributed by atoms with Crippen molar-refractivity contribution in [1.82, 2.24) is 5.32 Å². The van der Waals surface area contributed by atoms with Crippen LogP contribution in [0, 0.1) is 5.92 Å². The van der Waals surface area contributed by atoms with Crippen LogP contribution in [-0.2, 0) is 9.53 Å². The fraction of sp³-hybridized carbons (Fsp3) is 0.625. The molecule has 1 saturated heterocycles. The highest BCUT2D eigenvalue weighted by atomic mass is 35.5. The molecule has 1 amide bonds. The average Bonchev–Trinajstić information content (AvgIpc) is 2.51. The molecular weight excluding hydrogens is 178 g/mol.